The van der Waals surface area contributed by atoms with Crippen LogP contribution in [0.5, 0.6) is 0 Å². The molecule has 0 unspecified atom stereocenters. The van der Waals surface area contributed by atoms with Crippen LogP contribution in [0.3, 0.4) is 0 Å². The van der Waals surface area contributed by atoms with Crippen molar-refractivity contribution in [1.82, 2.24) is 15.1 Å². The Hall–Kier alpha value is -3.52. The fraction of sp³-hybridized carbons (Fsp3) is 0.200. The number of nitrogens with one attached hydrogen (secondary N) is 1. The Morgan fingerprint density at radius 2 is 1.93 bits per heavy atom. The van der Waals surface area contributed by atoms with E-state index in [0.29, 0.717) is 25.4 Å². The number of non-ortho nitro benzene ring substituents is 1. The van der Waals surface area contributed by atoms with E-state index in [4.69, 9.17) is 4.74 Å². The molecule has 144 valence electrons. The number of nitro benzene ring substituents is 1. The lowest BCUT2D eigenvalue weighted by Gasteiger charge is -2.06. The van der Waals surface area contributed by atoms with Crippen molar-refractivity contribution in [2.75, 3.05) is 6.61 Å². The maximum Gasteiger partial charge on any atom is 0.272 e. The Bertz CT molecular complexity index is 966. The van der Waals surface area contributed by atoms with Crippen LogP contribution in [-0.4, -0.2) is 27.2 Å². The summed E-state index contributed by atoms with van der Waals surface area (Å²) in [4.78, 5) is 22.8. The van der Waals surface area contributed by atoms with Crippen molar-refractivity contribution >= 4 is 11.6 Å². The smallest absolute Gasteiger partial charge is 0.272 e. The summed E-state index contributed by atoms with van der Waals surface area (Å²) >= 11 is 0. The van der Waals surface area contributed by atoms with Crippen LogP contribution in [-0.2, 0) is 17.9 Å². The number of nitro groups is 1. The van der Waals surface area contributed by atoms with Crippen LogP contribution >= 0.6 is 0 Å². The maximum absolute atomic E-state index is 12.3. The Kier molecular flexibility index (Phi) is 6.13. The summed E-state index contributed by atoms with van der Waals surface area (Å²) < 4.78 is 6.79. The van der Waals surface area contributed by atoms with Crippen LogP contribution in [0.15, 0.2) is 60.8 Å². The summed E-state index contributed by atoms with van der Waals surface area (Å²) in [6.45, 7) is 3.56. The number of ether oxygens (including phenoxy) is 1. The number of rotatable bonds is 8. The lowest BCUT2D eigenvalue weighted by atomic mass is 10.1. The van der Waals surface area contributed by atoms with Gasteiger partial charge in [0.25, 0.3) is 11.6 Å². The first-order valence-electron chi connectivity index (χ1n) is 8.81. The van der Waals surface area contributed by atoms with E-state index in [1.165, 1.54) is 16.8 Å². The molecule has 0 aliphatic heterocycles. The number of amides is 1. The molecular formula is C20H20N4O4. The van der Waals surface area contributed by atoms with Gasteiger partial charge in [-0.1, -0.05) is 30.3 Å². The number of nitrogens with zero attached hydrogens (tertiary/aromatic N) is 3. The molecule has 0 bridgehead atoms. The average Bonchev–Trinajstić information content (AvgIpc) is 3.22. The number of carbonyl (C=O) groups is 1. The Morgan fingerprint density at radius 1 is 1.18 bits per heavy atom. The second-order valence-corrected chi connectivity index (χ2v) is 6.06. The molecule has 1 heterocycles. The zero-order chi connectivity index (χ0) is 19.9. The lowest BCUT2D eigenvalue weighted by molar-refractivity contribution is -0.384. The van der Waals surface area contributed by atoms with Gasteiger partial charge in [0.2, 0.25) is 0 Å². The van der Waals surface area contributed by atoms with Crippen molar-refractivity contribution in [1.29, 1.82) is 0 Å². The minimum absolute atomic E-state index is 0.0354. The van der Waals surface area contributed by atoms with E-state index in [9.17, 15) is 14.9 Å². The third-order valence-electron chi connectivity index (χ3n) is 4.08. The molecule has 2 aromatic carbocycles. The van der Waals surface area contributed by atoms with E-state index in [0.717, 1.165) is 11.1 Å². The van der Waals surface area contributed by atoms with Crippen molar-refractivity contribution in [2.24, 2.45) is 0 Å². The van der Waals surface area contributed by atoms with Crippen molar-refractivity contribution < 1.29 is 14.5 Å². The van der Waals surface area contributed by atoms with Gasteiger partial charge < -0.3 is 10.1 Å². The Balaban J connectivity index is 1.61. The molecule has 0 saturated carbocycles. The lowest BCUT2D eigenvalue weighted by Crippen LogP contribution is -2.23. The monoisotopic (exact) mass is 380 g/mol. The standard InChI is InChI=1S/C20H20N4O4/c1-2-28-14-16-8-6-15(7-9-16)13-21-20(25)19-10-11-23(22-19)17-4-3-5-18(12-17)24(26)27/h3-12H,2,13-14H2,1H3,(H,21,25). The maximum atomic E-state index is 12.3. The molecule has 8 nitrogen and oxygen atoms in total. The van der Waals surface area contributed by atoms with E-state index in [-0.39, 0.29) is 17.3 Å². The highest BCUT2D eigenvalue weighted by Gasteiger charge is 2.12. The molecule has 0 fully saturated rings. The fourth-order valence-corrected chi connectivity index (χ4v) is 2.58. The highest BCUT2D eigenvalue weighted by atomic mass is 16.6. The van der Waals surface area contributed by atoms with Gasteiger partial charge in [-0.25, -0.2) is 4.68 Å². The number of carbonyl (C=O) groups excluding carboxylic acids is 1. The molecule has 0 aliphatic carbocycles. The Morgan fingerprint density at radius 3 is 2.64 bits per heavy atom. The normalized spacial score (nSPS) is 10.6. The van der Waals surface area contributed by atoms with Gasteiger partial charge >= 0.3 is 0 Å². The van der Waals surface area contributed by atoms with Gasteiger partial charge in [-0.2, -0.15) is 5.10 Å². The van der Waals surface area contributed by atoms with E-state index < -0.39 is 4.92 Å². The van der Waals surface area contributed by atoms with E-state index in [1.54, 1.807) is 24.4 Å². The van der Waals surface area contributed by atoms with E-state index in [1.807, 2.05) is 31.2 Å². The summed E-state index contributed by atoms with van der Waals surface area (Å²) in [6, 6.07) is 15.4. The van der Waals surface area contributed by atoms with E-state index >= 15 is 0 Å². The predicted octanol–water partition coefficient (Wildman–Crippen LogP) is 3.25. The average molecular weight is 380 g/mol. The zero-order valence-electron chi connectivity index (χ0n) is 15.4. The topological polar surface area (TPSA) is 99.3 Å². The molecule has 0 saturated heterocycles. The molecule has 0 aliphatic rings. The molecule has 3 aromatic rings. The van der Waals surface area contributed by atoms with Crippen LogP contribution in [0.4, 0.5) is 5.69 Å². The van der Waals surface area contributed by atoms with Gasteiger partial charge in [0, 0.05) is 31.5 Å². The molecule has 28 heavy (non-hydrogen) atoms. The summed E-state index contributed by atoms with van der Waals surface area (Å²) in [5.74, 6) is -0.317. The molecule has 1 amide bonds. The first-order valence-corrected chi connectivity index (χ1v) is 8.81. The third kappa shape index (κ3) is 4.80. The summed E-state index contributed by atoms with van der Waals surface area (Å²) in [5, 5.41) is 17.9. The zero-order valence-corrected chi connectivity index (χ0v) is 15.4. The number of hydrogen-bond donors (Lipinski definition) is 1. The molecule has 0 spiro atoms. The molecule has 1 N–H and O–H groups in total. The predicted molar refractivity (Wildman–Crippen MR) is 103 cm³/mol. The number of aromatic nitrogens is 2. The second kappa shape index (κ2) is 8.92. The highest BCUT2D eigenvalue weighted by Crippen LogP contribution is 2.16. The molecule has 0 atom stereocenters. The minimum Gasteiger partial charge on any atom is -0.377 e. The Labute approximate surface area is 161 Å². The highest BCUT2D eigenvalue weighted by molar-refractivity contribution is 5.92. The first-order chi connectivity index (χ1) is 13.6. The minimum atomic E-state index is -0.472. The van der Waals surface area contributed by atoms with Crippen LogP contribution in [0.1, 0.15) is 28.5 Å². The van der Waals surface area contributed by atoms with Crippen LogP contribution in [0, 0.1) is 10.1 Å². The number of benzene rings is 2. The molecule has 3 rings (SSSR count). The number of hydrogen-bond acceptors (Lipinski definition) is 5. The van der Waals surface area contributed by atoms with Crippen molar-refractivity contribution in [3.63, 3.8) is 0 Å². The first kappa shape index (κ1) is 19.2. The molecule has 8 heteroatoms. The quantitative estimate of drug-likeness (QED) is 0.478. The van der Waals surface area contributed by atoms with Gasteiger partial charge in [0.05, 0.1) is 17.2 Å². The van der Waals surface area contributed by atoms with Gasteiger partial charge in [0.15, 0.2) is 5.69 Å². The SMILES string of the molecule is CCOCc1ccc(CNC(=O)c2ccn(-c3cccc([N+](=O)[O-])c3)n2)cc1. The summed E-state index contributed by atoms with van der Waals surface area (Å²) in [7, 11) is 0. The van der Waals surface area contributed by atoms with Gasteiger partial charge in [0.1, 0.15) is 0 Å². The van der Waals surface area contributed by atoms with Gasteiger partial charge in [-0.05, 0) is 30.2 Å². The van der Waals surface area contributed by atoms with Crippen molar-refractivity contribution in [3.8, 4) is 5.69 Å². The van der Waals surface area contributed by atoms with Gasteiger partial charge in [-0.15, -0.1) is 0 Å². The van der Waals surface area contributed by atoms with Crippen molar-refractivity contribution in [3.05, 3.63) is 87.7 Å². The summed E-state index contributed by atoms with van der Waals surface area (Å²) in [5.41, 5.74) is 2.75. The third-order valence-corrected chi connectivity index (χ3v) is 4.08. The van der Waals surface area contributed by atoms with Crippen LogP contribution in [0.25, 0.3) is 5.69 Å². The van der Waals surface area contributed by atoms with E-state index in [2.05, 4.69) is 10.4 Å². The van der Waals surface area contributed by atoms with Crippen molar-refractivity contribution in [2.45, 2.75) is 20.1 Å². The fourth-order valence-electron chi connectivity index (χ4n) is 2.58. The molecule has 0 radical (unpaired) electrons. The second-order valence-electron chi connectivity index (χ2n) is 6.06. The summed E-state index contributed by atoms with van der Waals surface area (Å²) in [6.07, 6.45) is 1.59. The van der Waals surface area contributed by atoms with Crippen LogP contribution in [0.2, 0.25) is 0 Å². The molecular weight excluding hydrogens is 360 g/mol. The largest absolute Gasteiger partial charge is 0.377 e. The van der Waals surface area contributed by atoms with Gasteiger partial charge in [-0.3, -0.25) is 14.9 Å². The molecule has 1 aromatic heterocycles. The van der Waals surface area contributed by atoms with Crippen LogP contribution < -0.4 is 5.32 Å².